The minimum atomic E-state index is 0.240. The van der Waals surface area contributed by atoms with E-state index in [-0.39, 0.29) is 12.2 Å². The Morgan fingerprint density at radius 3 is 2.64 bits per heavy atom. The summed E-state index contributed by atoms with van der Waals surface area (Å²) < 4.78 is 9.10. The standard InChI is InChI=1S/C19H24N4OS/c1-12-7-16(11-23-6-5-13(2)21-23)18-17(8-12)25-19(20-18)22-9-14(3)24-15(4)10-22/h5-8,14-15H,9-11H2,1-4H3. The zero-order valence-corrected chi connectivity index (χ0v) is 16.0. The molecule has 1 aliphatic rings. The van der Waals surface area contributed by atoms with Gasteiger partial charge in [-0.05, 0) is 45.4 Å². The van der Waals surface area contributed by atoms with Crippen LogP contribution >= 0.6 is 11.3 Å². The number of ether oxygens (including phenoxy) is 1. The molecule has 1 aliphatic heterocycles. The van der Waals surface area contributed by atoms with Crippen LogP contribution in [-0.4, -0.2) is 40.1 Å². The summed E-state index contributed by atoms with van der Waals surface area (Å²) in [5.74, 6) is 0. The Hall–Kier alpha value is -1.92. The van der Waals surface area contributed by atoms with Crippen LogP contribution in [-0.2, 0) is 11.3 Å². The molecule has 1 aromatic carbocycles. The van der Waals surface area contributed by atoms with Crippen LogP contribution in [0.1, 0.15) is 30.7 Å². The molecule has 25 heavy (non-hydrogen) atoms. The molecule has 0 amide bonds. The van der Waals surface area contributed by atoms with Crippen molar-refractivity contribution in [3.05, 3.63) is 41.2 Å². The highest BCUT2D eigenvalue weighted by Crippen LogP contribution is 2.33. The van der Waals surface area contributed by atoms with E-state index in [1.807, 2.05) is 23.9 Å². The first-order valence-corrected chi connectivity index (χ1v) is 9.60. The normalized spacial score (nSPS) is 21.2. The van der Waals surface area contributed by atoms with Gasteiger partial charge in [0.05, 0.1) is 34.7 Å². The van der Waals surface area contributed by atoms with Crippen LogP contribution < -0.4 is 4.90 Å². The van der Waals surface area contributed by atoms with E-state index in [0.29, 0.717) is 0 Å². The SMILES string of the molecule is Cc1cc(Cn2ccc(C)n2)c2nc(N3CC(C)OC(C)C3)sc2c1. The van der Waals surface area contributed by atoms with Gasteiger partial charge in [-0.25, -0.2) is 4.98 Å². The first-order chi connectivity index (χ1) is 12.0. The molecule has 0 aliphatic carbocycles. The maximum Gasteiger partial charge on any atom is 0.186 e. The lowest BCUT2D eigenvalue weighted by Crippen LogP contribution is -2.45. The number of nitrogens with zero attached hydrogens (tertiary/aromatic N) is 4. The van der Waals surface area contributed by atoms with Crippen molar-refractivity contribution in [1.82, 2.24) is 14.8 Å². The van der Waals surface area contributed by atoms with E-state index >= 15 is 0 Å². The Kier molecular flexibility index (Phi) is 4.25. The monoisotopic (exact) mass is 356 g/mol. The van der Waals surface area contributed by atoms with Crippen molar-refractivity contribution in [2.45, 2.75) is 46.4 Å². The van der Waals surface area contributed by atoms with Gasteiger partial charge in [0, 0.05) is 24.8 Å². The third-order valence-corrected chi connectivity index (χ3v) is 5.57. The average molecular weight is 356 g/mol. The maximum atomic E-state index is 5.86. The summed E-state index contributed by atoms with van der Waals surface area (Å²) in [5.41, 5.74) is 4.64. The van der Waals surface area contributed by atoms with Crippen LogP contribution in [0.25, 0.3) is 10.2 Å². The molecule has 3 heterocycles. The molecule has 2 aromatic heterocycles. The number of fused-ring (bicyclic) bond motifs is 1. The van der Waals surface area contributed by atoms with Crippen LogP contribution in [0.3, 0.4) is 0 Å². The van der Waals surface area contributed by atoms with Gasteiger partial charge in [-0.3, -0.25) is 4.68 Å². The van der Waals surface area contributed by atoms with Gasteiger partial charge in [0.1, 0.15) is 0 Å². The lowest BCUT2D eigenvalue weighted by atomic mass is 10.1. The fourth-order valence-electron chi connectivity index (χ4n) is 3.56. The summed E-state index contributed by atoms with van der Waals surface area (Å²) in [6.45, 7) is 11.0. The molecule has 2 atom stereocenters. The van der Waals surface area contributed by atoms with Gasteiger partial charge in [0.15, 0.2) is 5.13 Å². The molecule has 0 saturated carbocycles. The first kappa shape index (κ1) is 16.5. The van der Waals surface area contributed by atoms with E-state index in [9.17, 15) is 0 Å². The second kappa shape index (κ2) is 6.42. The van der Waals surface area contributed by atoms with Crippen LogP contribution in [0.2, 0.25) is 0 Å². The molecule has 2 unspecified atom stereocenters. The molecule has 132 valence electrons. The highest BCUT2D eigenvalue weighted by Gasteiger charge is 2.25. The lowest BCUT2D eigenvalue weighted by molar-refractivity contribution is -0.00521. The Morgan fingerprint density at radius 2 is 1.96 bits per heavy atom. The van der Waals surface area contributed by atoms with Gasteiger partial charge in [0.25, 0.3) is 0 Å². The van der Waals surface area contributed by atoms with E-state index < -0.39 is 0 Å². The molecule has 3 aromatic rings. The van der Waals surface area contributed by atoms with E-state index in [1.54, 1.807) is 11.3 Å². The van der Waals surface area contributed by atoms with Gasteiger partial charge in [0.2, 0.25) is 0 Å². The number of rotatable bonds is 3. The molecular formula is C19H24N4OS. The quantitative estimate of drug-likeness (QED) is 0.716. The van der Waals surface area contributed by atoms with Crippen molar-refractivity contribution in [2.75, 3.05) is 18.0 Å². The summed E-state index contributed by atoms with van der Waals surface area (Å²) in [7, 11) is 0. The number of hydrogen-bond acceptors (Lipinski definition) is 5. The fraction of sp³-hybridized carbons (Fsp3) is 0.474. The van der Waals surface area contributed by atoms with E-state index in [1.165, 1.54) is 15.8 Å². The van der Waals surface area contributed by atoms with E-state index in [4.69, 9.17) is 9.72 Å². The van der Waals surface area contributed by atoms with Gasteiger partial charge in [-0.1, -0.05) is 17.4 Å². The summed E-state index contributed by atoms with van der Waals surface area (Å²) in [6.07, 6.45) is 2.51. The highest BCUT2D eigenvalue weighted by atomic mass is 32.1. The van der Waals surface area contributed by atoms with E-state index in [2.05, 4.69) is 42.9 Å². The molecule has 0 N–H and O–H groups in total. The average Bonchev–Trinajstić information content (AvgIpc) is 3.12. The van der Waals surface area contributed by atoms with Crippen molar-refractivity contribution in [1.29, 1.82) is 0 Å². The smallest absolute Gasteiger partial charge is 0.186 e. The lowest BCUT2D eigenvalue weighted by Gasteiger charge is -2.35. The molecule has 1 fully saturated rings. The third-order valence-electron chi connectivity index (χ3n) is 4.50. The molecule has 4 rings (SSSR count). The molecule has 6 heteroatoms. The Morgan fingerprint density at radius 1 is 1.20 bits per heavy atom. The minimum absolute atomic E-state index is 0.240. The Balaban J connectivity index is 1.71. The van der Waals surface area contributed by atoms with Crippen LogP contribution in [0.5, 0.6) is 0 Å². The number of hydrogen-bond donors (Lipinski definition) is 0. The maximum absolute atomic E-state index is 5.86. The van der Waals surface area contributed by atoms with Crippen molar-refractivity contribution in [3.8, 4) is 0 Å². The summed E-state index contributed by atoms with van der Waals surface area (Å²) in [6, 6.07) is 6.50. The largest absolute Gasteiger partial charge is 0.372 e. The second-order valence-corrected chi connectivity index (χ2v) is 8.09. The number of anilines is 1. The third kappa shape index (κ3) is 3.41. The fourth-order valence-corrected chi connectivity index (χ4v) is 4.69. The minimum Gasteiger partial charge on any atom is -0.372 e. The zero-order valence-electron chi connectivity index (χ0n) is 15.2. The molecule has 5 nitrogen and oxygen atoms in total. The topological polar surface area (TPSA) is 43.2 Å². The highest BCUT2D eigenvalue weighted by molar-refractivity contribution is 7.22. The van der Waals surface area contributed by atoms with Crippen molar-refractivity contribution >= 4 is 26.7 Å². The zero-order chi connectivity index (χ0) is 17.6. The van der Waals surface area contributed by atoms with Crippen molar-refractivity contribution < 1.29 is 4.74 Å². The Labute approximate surface area is 152 Å². The summed E-state index contributed by atoms with van der Waals surface area (Å²) in [4.78, 5) is 7.36. The number of aryl methyl sites for hydroxylation is 2. The predicted octanol–water partition coefficient (Wildman–Crippen LogP) is 3.77. The van der Waals surface area contributed by atoms with Crippen LogP contribution in [0.4, 0.5) is 5.13 Å². The van der Waals surface area contributed by atoms with Crippen molar-refractivity contribution in [3.63, 3.8) is 0 Å². The van der Waals surface area contributed by atoms with Crippen molar-refractivity contribution in [2.24, 2.45) is 0 Å². The van der Waals surface area contributed by atoms with E-state index in [0.717, 1.165) is 36.0 Å². The van der Waals surface area contributed by atoms with Crippen LogP contribution in [0.15, 0.2) is 24.4 Å². The van der Waals surface area contributed by atoms with Gasteiger partial charge < -0.3 is 9.64 Å². The number of benzene rings is 1. The molecule has 1 saturated heterocycles. The van der Waals surface area contributed by atoms with Gasteiger partial charge in [-0.15, -0.1) is 0 Å². The predicted molar refractivity (Wildman–Crippen MR) is 103 cm³/mol. The Bertz CT molecular complexity index is 890. The summed E-state index contributed by atoms with van der Waals surface area (Å²) in [5, 5.41) is 5.62. The number of morpholine rings is 1. The van der Waals surface area contributed by atoms with Gasteiger partial charge >= 0.3 is 0 Å². The second-order valence-electron chi connectivity index (χ2n) is 7.08. The molecule has 0 spiro atoms. The molecule has 0 radical (unpaired) electrons. The molecule has 0 bridgehead atoms. The van der Waals surface area contributed by atoms with Crippen LogP contribution in [0, 0.1) is 13.8 Å². The first-order valence-electron chi connectivity index (χ1n) is 8.78. The number of thiazole rings is 1. The molecular weight excluding hydrogens is 332 g/mol. The summed E-state index contributed by atoms with van der Waals surface area (Å²) >= 11 is 1.78. The number of aromatic nitrogens is 3. The van der Waals surface area contributed by atoms with Gasteiger partial charge in [-0.2, -0.15) is 5.10 Å².